The monoisotopic (exact) mass is 361 g/mol. The van der Waals surface area contributed by atoms with Crippen LogP contribution in [0, 0.1) is 0 Å². The third-order valence-corrected chi connectivity index (χ3v) is 4.81. The Hall–Kier alpha value is -2.86. The average molecular weight is 361 g/mol. The number of fused-ring (bicyclic) bond motifs is 1. The second-order valence-corrected chi connectivity index (χ2v) is 6.71. The van der Waals surface area contributed by atoms with Gasteiger partial charge in [-0.3, -0.25) is 9.97 Å². The quantitative estimate of drug-likeness (QED) is 0.697. The Balaban J connectivity index is 1.75. The standard InChI is InChI=1S/C21H23N5O/c27-14-4-13-26(15-17-5-1-2-10-23-17)21-18-6-3-7-19(18)24-20(25-21)16-8-11-22-12-9-16/h1-2,5,8-12,27H,3-4,6-7,13-15H2. The molecule has 0 fully saturated rings. The number of aromatic nitrogens is 4. The van der Waals surface area contributed by atoms with E-state index in [1.807, 2.05) is 36.5 Å². The van der Waals surface area contributed by atoms with Gasteiger partial charge in [-0.1, -0.05) is 6.07 Å². The third kappa shape index (κ3) is 3.95. The fourth-order valence-electron chi connectivity index (χ4n) is 3.51. The zero-order valence-electron chi connectivity index (χ0n) is 15.3. The molecule has 0 saturated carbocycles. The normalized spacial score (nSPS) is 12.8. The van der Waals surface area contributed by atoms with E-state index < -0.39 is 0 Å². The molecule has 0 spiro atoms. The van der Waals surface area contributed by atoms with Gasteiger partial charge in [-0.15, -0.1) is 0 Å². The van der Waals surface area contributed by atoms with Gasteiger partial charge in [0.15, 0.2) is 5.82 Å². The van der Waals surface area contributed by atoms with Crippen molar-refractivity contribution in [2.45, 2.75) is 32.2 Å². The molecule has 0 saturated heterocycles. The minimum Gasteiger partial charge on any atom is -0.396 e. The van der Waals surface area contributed by atoms with Crippen LogP contribution in [0.4, 0.5) is 5.82 Å². The smallest absolute Gasteiger partial charge is 0.161 e. The first-order chi connectivity index (χ1) is 13.3. The van der Waals surface area contributed by atoms with Crippen molar-refractivity contribution in [3.05, 3.63) is 65.9 Å². The molecule has 1 aliphatic rings. The van der Waals surface area contributed by atoms with Crippen LogP contribution in [0.3, 0.4) is 0 Å². The van der Waals surface area contributed by atoms with Gasteiger partial charge in [-0.05, 0) is 49.9 Å². The van der Waals surface area contributed by atoms with Crippen molar-refractivity contribution in [1.82, 2.24) is 19.9 Å². The van der Waals surface area contributed by atoms with E-state index in [0.717, 1.165) is 54.4 Å². The first kappa shape index (κ1) is 17.5. The second-order valence-electron chi connectivity index (χ2n) is 6.71. The van der Waals surface area contributed by atoms with Crippen molar-refractivity contribution in [3.63, 3.8) is 0 Å². The van der Waals surface area contributed by atoms with Gasteiger partial charge in [0.2, 0.25) is 0 Å². The lowest BCUT2D eigenvalue weighted by Crippen LogP contribution is -2.27. The number of rotatable bonds is 7. The summed E-state index contributed by atoms with van der Waals surface area (Å²) < 4.78 is 0. The lowest BCUT2D eigenvalue weighted by molar-refractivity contribution is 0.289. The maximum atomic E-state index is 9.37. The van der Waals surface area contributed by atoms with E-state index in [1.165, 1.54) is 5.56 Å². The van der Waals surface area contributed by atoms with Crippen molar-refractivity contribution in [2.24, 2.45) is 0 Å². The van der Waals surface area contributed by atoms with Crippen LogP contribution in [-0.2, 0) is 19.4 Å². The summed E-state index contributed by atoms with van der Waals surface area (Å²) in [6.07, 6.45) is 9.13. The Bertz CT molecular complexity index is 886. The lowest BCUT2D eigenvalue weighted by Gasteiger charge is -2.26. The van der Waals surface area contributed by atoms with Crippen LogP contribution >= 0.6 is 0 Å². The van der Waals surface area contributed by atoms with E-state index in [4.69, 9.17) is 9.97 Å². The number of anilines is 1. The van der Waals surface area contributed by atoms with Crippen molar-refractivity contribution >= 4 is 5.82 Å². The van der Waals surface area contributed by atoms with Gasteiger partial charge in [-0.25, -0.2) is 9.97 Å². The highest BCUT2D eigenvalue weighted by Crippen LogP contribution is 2.32. The second kappa shape index (κ2) is 8.22. The Morgan fingerprint density at radius 3 is 2.67 bits per heavy atom. The first-order valence-electron chi connectivity index (χ1n) is 9.41. The molecule has 3 heterocycles. The molecule has 6 nitrogen and oxygen atoms in total. The van der Waals surface area contributed by atoms with Gasteiger partial charge in [0, 0.05) is 48.6 Å². The molecule has 3 aromatic heterocycles. The fourth-order valence-corrected chi connectivity index (χ4v) is 3.51. The maximum Gasteiger partial charge on any atom is 0.161 e. The summed E-state index contributed by atoms with van der Waals surface area (Å²) >= 11 is 0. The van der Waals surface area contributed by atoms with Gasteiger partial charge in [-0.2, -0.15) is 0 Å². The molecule has 6 heteroatoms. The first-order valence-corrected chi connectivity index (χ1v) is 9.41. The van der Waals surface area contributed by atoms with Gasteiger partial charge in [0.25, 0.3) is 0 Å². The van der Waals surface area contributed by atoms with Crippen LogP contribution in [0.15, 0.2) is 48.9 Å². The minimum absolute atomic E-state index is 0.156. The van der Waals surface area contributed by atoms with Crippen molar-refractivity contribution in [2.75, 3.05) is 18.1 Å². The molecule has 3 aromatic rings. The molecule has 0 atom stereocenters. The van der Waals surface area contributed by atoms with Crippen LogP contribution in [0.25, 0.3) is 11.4 Å². The summed E-state index contributed by atoms with van der Waals surface area (Å²) in [6, 6.07) is 9.83. The SMILES string of the molecule is OCCCN(Cc1ccccn1)c1nc(-c2ccncc2)nc2c1CCC2. The number of aliphatic hydroxyl groups excluding tert-OH is 1. The topological polar surface area (TPSA) is 75.0 Å². The van der Waals surface area contributed by atoms with Crippen LogP contribution < -0.4 is 4.90 Å². The van der Waals surface area contributed by atoms with E-state index in [2.05, 4.69) is 14.9 Å². The summed E-state index contributed by atoms with van der Waals surface area (Å²) in [5.41, 5.74) is 4.34. The van der Waals surface area contributed by atoms with E-state index in [1.54, 1.807) is 12.4 Å². The molecule has 27 heavy (non-hydrogen) atoms. The summed E-state index contributed by atoms with van der Waals surface area (Å²) in [7, 11) is 0. The minimum atomic E-state index is 0.156. The molecule has 0 amide bonds. The summed E-state index contributed by atoms with van der Waals surface area (Å²) in [4.78, 5) is 20.6. The number of aliphatic hydroxyl groups is 1. The molecule has 1 N–H and O–H groups in total. The predicted molar refractivity (Wildman–Crippen MR) is 104 cm³/mol. The number of hydrogen-bond acceptors (Lipinski definition) is 6. The highest BCUT2D eigenvalue weighted by molar-refractivity contribution is 5.61. The highest BCUT2D eigenvalue weighted by atomic mass is 16.3. The summed E-state index contributed by atoms with van der Waals surface area (Å²) in [6.45, 7) is 1.55. The molecule has 0 radical (unpaired) electrons. The molecule has 1 aliphatic carbocycles. The molecule has 138 valence electrons. The maximum absolute atomic E-state index is 9.37. The van der Waals surface area contributed by atoms with Gasteiger partial charge in [0.05, 0.1) is 12.2 Å². The number of hydrogen-bond donors (Lipinski definition) is 1. The Kier molecular flexibility index (Phi) is 5.34. The molecule has 0 unspecified atom stereocenters. The number of pyridine rings is 2. The van der Waals surface area contributed by atoms with Crippen LogP contribution in [0.5, 0.6) is 0 Å². The zero-order chi connectivity index (χ0) is 18.5. The van der Waals surface area contributed by atoms with Gasteiger partial charge in [0.1, 0.15) is 5.82 Å². The lowest BCUT2D eigenvalue weighted by atomic mass is 10.2. The van der Waals surface area contributed by atoms with E-state index in [9.17, 15) is 5.11 Å². The number of nitrogens with zero attached hydrogens (tertiary/aromatic N) is 5. The molecule has 0 aliphatic heterocycles. The predicted octanol–water partition coefficient (Wildman–Crippen LogP) is 2.81. The fraction of sp³-hybridized carbons (Fsp3) is 0.333. The van der Waals surface area contributed by atoms with E-state index in [-0.39, 0.29) is 6.61 Å². The molecule has 4 rings (SSSR count). The Labute approximate surface area is 159 Å². The van der Waals surface area contributed by atoms with Crippen molar-refractivity contribution in [3.8, 4) is 11.4 Å². The third-order valence-electron chi connectivity index (χ3n) is 4.81. The average Bonchev–Trinajstić information content (AvgIpc) is 3.20. The molecular weight excluding hydrogens is 338 g/mol. The van der Waals surface area contributed by atoms with E-state index in [0.29, 0.717) is 13.0 Å². The van der Waals surface area contributed by atoms with Crippen LogP contribution in [0.2, 0.25) is 0 Å². The van der Waals surface area contributed by atoms with Gasteiger partial charge >= 0.3 is 0 Å². The largest absolute Gasteiger partial charge is 0.396 e. The van der Waals surface area contributed by atoms with Crippen LogP contribution in [-0.4, -0.2) is 38.2 Å². The van der Waals surface area contributed by atoms with Gasteiger partial charge < -0.3 is 10.0 Å². The molecular formula is C21H23N5O. The van der Waals surface area contributed by atoms with E-state index >= 15 is 0 Å². The number of aryl methyl sites for hydroxylation is 1. The molecule has 0 bridgehead atoms. The van der Waals surface area contributed by atoms with Crippen molar-refractivity contribution < 1.29 is 5.11 Å². The zero-order valence-corrected chi connectivity index (χ0v) is 15.3. The Morgan fingerprint density at radius 2 is 1.89 bits per heavy atom. The summed E-state index contributed by atoms with van der Waals surface area (Å²) in [5.74, 6) is 1.71. The Morgan fingerprint density at radius 1 is 1.00 bits per heavy atom. The van der Waals surface area contributed by atoms with Crippen molar-refractivity contribution in [1.29, 1.82) is 0 Å². The highest BCUT2D eigenvalue weighted by Gasteiger charge is 2.23. The molecule has 0 aromatic carbocycles. The van der Waals surface area contributed by atoms with Crippen LogP contribution in [0.1, 0.15) is 29.8 Å². The summed E-state index contributed by atoms with van der Waals surface area (Å²) in [5, 5.41) is 9.37.